The Bertz CT molecular complexity index is 1510. The first-order chi connectivity index (χ1) is 18.7. The van der Waals surface area contributed by atoms with Crippen LogP contribution in [0.3, 0.4) is 0 Å². The van der Waals surface area contributed by atoms with Gasteiger partial charge in [0.25, 0.3) is 0 Å². The van der Waals surface area contributed by atoms with E-state index in [0.717, 1.165) is 10.5 Å². The number of ether oxygens (including phenoxy) is 2. The highest BCUT2D eigenvalue weighted by Crippen LogP contribution is 2.56. The van der Waals surface area contributed by atoms with Crippen LogP contribution in [0.2, 0.25) is 0 Å². The number of allylic oxidation sites excluding steroid dienone is 6. The van der Waals surface area contributed by atoms with Gasteiger partial charge in [0.2, 0.25) is 17.6 Å². The third kappa shape index (κ3) is 3.91. The number of hydrogen-bond acceptors (Lipinski definition) is 8. The molecule has 2 amide bonds. The van der Waals surface area contributed by atoms with Crippen LogP contribution < -0.4 is 9.47 Å². The zero-order valence-electron chi connectivity index (χ0n) is 21.1. The lowest BCUT2D eigenvalue weighted by molar-refractivity contribution is -0.140. The van der Waals surface area contributed by atoms with Gasteiger partial charge in [0, 0.05) is 28.0 Å². The summed E-state index contributed by atoms with van der Waals surface area (Å²) in [5, 5.41) is 12.4. The van der Waals surface area contributed by atoms with Gasteiger partial charge in [-0.05, 0) is 63.8 Å². The number of carbonyl (C=O) groups excluding carboxylic acids is 4. The Labute approximate surface area is 236 Å². The molecule has 4 unspecified atom stereocenters. The number of fused-ring (bicyclic) bond motifs is 3. The number of likely N-dealkylation sites (tertiary alicyclic amines) is 1. The maximum absolute atomic E-state index is 13.8. The topological polar surface area (TPSA) is 110 Å². The Hall–Kier alpha value is -3.50. The second-order valence-corrected chi connectivity index (χ2v) is 11.9. The number of Topliss-reactive ketones (excluding diaryl/α,β-unsaturated/α-hetero) is 1. The van der Waals surface area contributed by atoms with Crippen molar-refractivity contribution in [1.82, 2.24) is 4.90 Å². The molecule has 1 N–H and O–H groups in total. The molecule has 6 rings (SSSR count). The van der Waals surface area contributed by atoms with Crippen LogP contribution in [0, 0.1) is 17.8 Å². The largest absolute Gasteiger partial charge is 0.502 e. The number of ketones is 2. The number of methoxy groups -OCH3 is 2. The monoisotopic (exact) mass is 609 g/mol. The predicted molar refractivity (Wildman–Crippen MR) is 146 cm³/mol. The van der Waals surface area contributed by atoms with E-state index in [0.29, 0.717) is 23.1 Å². The molecule has 1 aromatic carbocycles. The molecule has 0 bridgehead atoms. The molecule has 0 radical (unpaired) electrons. The summed E-state index contributed by atoms with van der Waals surface area (Å²) < 4.78 is 10.9. The lowest BCUT2D eigenvalue weighted by atomic mass is 9.59. The van der Waals surface area contributed by atoms with Crippen LogP contribution in [0.1, 0.15) is 29.2 Å². The maximum atomic E-state index is 13.8. The van der Waals surface area contributed by atoms with Gasteiger partial charge >= 0.3 is 0 Å². The Morgan fingerprint density at radius 1 is 1.08 bits per heavy atom. The van der Waals surface area contributed by atoms with Crippen LogP contribution in [0.25, 0.3) is 0 Å². The molecule has 3 aliphatic carbocycles. The van der Waals surface area contributed by atoms with E-state index in [9.17, 15) is 24.3 Å². The minimum absolute atomic E-state index is 0.156. The standard InChI is InChI=1S/C29H24BrNO7S/c1-37-21-8-13(9-22(38-2)27(21)34)23-15-5-6-16-24(29(36)31(28(16)35)12-14-4-3-7-39-14)17(15)10-18-25(23)20(32)11-19(30)26(18)33/h3-5,7-9,11,16-17,23-24,34H,6,10,12H2,1-2H3. The van der Waals surface area contributed by atoms with Crippen molar-refractivity contribution in [3.8, 4) is 17.2 Å². The van der Waals surface area contributed by atoms with E-state index in [1.165, 1.54) is 36.5 Å². The van der Waals surface area contributed by atoms with Crippen molar-refractivity contribution in [3.05, 3.63) is 73.4 Å². The summed E-state index contributed by atoms with van der Waals surface area (Å²) in [6.07, 6.45) is 3.78. The summed E-state index contributed by atoms with van der Waals surface area (Å²) in [6, 6.07) is 7.03. The Morgan fingerprint density at radius 3 is 2.44 bits per heavy atom. The van der Waals surface area contributed by atoms with Crippen molar-refractivity contribution >= 4 is 50.6 Å². The number of phenolic OH excluding ortho intramolecular Hbond substituents is 1. The van der Waals surface area contributed by atoms with Gasteiger partial charge < -0.3 is 14.6 Å². The number of rotatable bonds is 5. The van der Waals surface area contributed by atoms with E-state index in [4.69, 9.17) is 9.47 Å². The van der Waals surface area contributed by atoms with Crippen molar-refractivity contribution in [2.24, 2.45) is 17.8 Å². The van der Waals surface area contributed by atoms with Crippen LogP contribution in [0.4, 0.5) is 0 Å². The zero-order chi connectivity index (χ0) is 27.6. The molecule has 10 heteroatoms. The molecule has 0 spiro atoms. The second-order valence-electron chi connectivity index (χ2n) is 10.0. The SMILES string of the molecule is COc1cc(C2C3=CCC4C(=O)N(Cc5cccs5)C(=O)C4C3CC3=C2C(=O)C=C(Br)C3=O)cc(OC)c1O. The van der Waals surface area contributed by atoms with Gasteiger partial charge in [-0.15, -0.1) is 11.3 Å². The van der Waals surface area contributed by atoms with Crippen LogP contribution >= 0.6 is 27.3 Å². The third-order valence-electron chi connectivity index (χ3n) is 8.15. The second kappa shape index (κ2) is 9.60. The van der Waals surface area contributed by atoms with Crippen molar-refractivity contribution < 1.29 is 33.8 Å². The first-order valence-corrected chi connectivity index (χ1v) is 14.1. The van der Waals surface area contributed by atoms with Crippen LogP contribution in [0.15, 0.2) is 63.0 Å². The van der Waals surface area contributed by atoms with Crippen molar-refractivity contribution in [1.29, 1.82) is 0 Å². The van der Waals surface area contributed by atoms with Crippen LogP contribution in [-0.4, -0.2) is 47.6 Å². The number of nitrogens with zero attached hydrogens (tertiary/aromatic N) is 1. The molecule has 1 aliphatic heterocycles. The molecule has 0 saturated carbocycles. The lowest BCUT2D eigenvalue weighted by Crippen LogP contribution is -2.39. The van der Waals surface area contributed by atoms with E-state index >= 15 is 0 Å². The lowest BCUT2D eigenvalue weighted by Gasteiger charge is -2.42. The molecular weight excluding hydrogens is 586 g/mol. The predicted octanol–water partition coefficient (Wildman–Crippen LogP) is 4.43. The van der Waals surface area contributed by atoms with E-state index in [-0.39, 0.29) is 58.1 Å². The van der Waals surface area contributed by atoms with Gasteiger partial charge in [-0.2, -0.15) is 0 Å². The van der Waals surface area contributed by atoms with Crippen molar-refractivity contribution in [2.45, 2.75) is 25.3 Å². The highest BCUT2D eigenvalue weighted by Gasteiger charge is 2.56. The summed E-state index contributed by atoms with van der Waals surface area (Å²) in [6.45, 7) is 0.222. The fourth-order valence-corrected chi connectivity index (χ4v) is 7.59. The summed E-state index contributed by atoms with van der Waals surface area (Å²) >= 11 is 4.72. The Morgan fingerprint density at radius 2 is 1.79 bits per heavy atom. The first-order valence-electron chi connectivity index (χ1n) is 12.5. The quantitative estimate of drug-likeness (QED) is 0.303. The number of halogens is 1. The van der Waals surface area contributed by atoms with Crippen molar-refractivity contribution in [3.63, 3.8) is 0 Å². The fourth-order valence-electron chi connectivity index (χ4n) is 6.45. The molecule has 39 heavy (non-hydrogen) atoms. The highest BCUT2D eigenvalue weighted by atomic mass is 79.9. The number of phenols is 1. The number of amides is 2. The van der Waals surface area contributed by atoms with Gasteiger partial charge in [0.1, 0.15) is 0 Å². The van der Waals surface area contributed by atoms with Crippen molar-refractivity contribution in [2.75, 3.05) is 14.2 Å². The van der Waals surface area contributed by atoms with Gasteiger partial charge in [-0.25, -0.2) is 0 Å². The Balaban J connectivity index is 1.49. The number of aromatic hydroxyl groups is 1. The normalized spacial score (nSPS) is 26.2. The highest BCUT2D eigenvalue weighted by molar-refractivity contribution is 9.12. The van der Waals surface area contributed by atoms with Crippen LogP contribution in [0.5, 0.6) is 17.2 Å². The molecular formula is C29H24BrNO7S. The van der Waals surface area contributed by atoms with Gasteiger partial charge in [0.05, 0.1) is 37.1 Å². The van der Waals surface area contributed by atoms with Gasteiger partial charge in [-0.3, -0.25) is 24.1 Å². The molecule has 1 saturated heterocycles. The zero-order valence-corrected chi connectivity index (χ0v) is 23.5. The van der Waals surface area contributed by atoms with E-state index < -0.39 is 23.7 Å². The minimum atomic E-state index is -0.675. The van der Waals surface area contributed by atoms with Crippen LogP contribution in [-0.2, 0) is 25.7 Å². The smallest absolute Gasteiger partial charge is 0.234 e. The number of benzene rings is 1. The van der Waals surface area contributed by atoms with E-state index in [1.54, 1.807) is 12.1 Å². The maximum Gasteiger partial charge on any atom is 0.234 e. The fraction of sp³-hybridized carbons (Fsp3) is 0.310. The Kier molecular flexibility index (Phi) is 6.34. The number of hydrogen-bond donors (Lipinski definition) is 1. The average Bonchev–Trinajstić information content (AvgIpc) is 3.53. The molecule has 8 nitrogen and oxygen atoms in total. The summed E-state index contributed by atoms with van der Waals surface area (Å²) in [5.41, 5.74) is 2.08. The van der Waals surface area contributed by atoms with E-state index in [2.05, 4.69) is 15.9 Å². The molecule has 200 valence electrons. The molecule has 2 aromatic rings. The molecule has 4 aliphatic rings. The first kappa shape index (κ1) is 25.8. The summed E-state index contributed by atoms with van der Waals surface area (Å²) in [7, 11) is 2.83. The average molecular weight is 610 g/mol. The number of carbonyl (C=O) groups is 4. The number of thiophene rings is 1. The summed E-state index contributed by atoms with van der Waals surface area (Å²) in [4.78, 5) is 56.3. The molecule has 2 heterocycles. The molecule has 1 aromatic heterocycles. The number of imide groups is 1. The van der Waals surface area contributed by atoms with Gasteiger partial charge in [0.15, 0.2) is 23.1 Å². The minimum Gasteiger partial charge on any atom is -0.502 e. The van der Waals surface area contributed by atoms with Gasteiger partial charge in [-0.1, -0.05) is 17.7 Å². The summed E-state index contributed by atoms with van der Waals surface area (Å²) in [5.74, 6) is -3.21. The molecule has 4 atom stereocenters. The third-order valence-corrected chi connectivity index (χ3v) is 9.60. The molecule has 1 fully saturated rings. The van der Waals surface area contributed by atoms with E-state index in [1.807, 2.05) is 23.6 Å².